The van der Waals surface area contributed by atoms with Gasteiger partial charge < -0.3 is 14.8 Å². The molecule has 0 aromatic carbocycles. The fourth-order valence-corrected chi connectivity index (χ4v) is 1.13. The first-order chi connectivity index (χ1) is 7.09. The fourth-order valence-electron chi connectivity index (χ4n) is 1.13. The van der Waals surface area contributed by atoms with Gasteiger partial charge in [0.1, 0.15) is 11.1 Å². The highest BCUT2D eigenvalue weighted by Gasteiger charge is 2.22. The van der Waals surface area contributed by atoms with Crippen molar-refractivity contribution in [2.24, 2.45) is 0 Å². The lowest BCUT2D eigenvalue weighted by molar-refractivity contribution is -0.594. The summed E-state index contributed by atoms with van der Waals surface area (Å²) in [5, 5.41) is 30.6. The van der Waals surface area contributed by atoms with Crippen LogP contribution in [0, 0.1) is 15.3 Å². The van der Waals surface area contributed by atoms with Crippen LogP contribution in [0.4, 0.5) is 5.88 Å². The van der Waals surface area contributed by atoms with E-state index in [-0.39, 0.29) is 11.6 Å². The number of hydrogen-bond acceptors (Lipinski definition) is 5. The fraction of sp³-hybridized carbons (Fsp3) is 0. The summed E-state index contributed by atoms with van der Waals surface area (Å²) in [6, 6.07) is 2.33. The molecule has 78 valence electrons. The molecule has 8 nitrogen and oxygen atoms in total. The van der Waals surface area contributed by atoms with E-state index < -0.39 is 10.8 Å². The summed E-state index contributed by atoms with van der Waals surface area (Å²) in [7, 11) is 0. The van der Waals surface area contributed by atoms with Gasteiger partial charge in [-0.25, -0.2) is 4.73 Å². The Morgan fingerprint density at radius 1 is 1.53 bits per heavy atom. The Morgan fingerprint density at radius 2 is 2.27 bits per heavy atom. The maximum atomic E-state index is 11.1. The summed E-state index contributed by atoms with van der Waals surface area (Å²) in [4.78, 5) is 9.58. The Kier molecular flexibility index (Phi) is 1.82. The van der Waals surface area contributed by atoms with Crippen molar-refractivity contribution in [3.05, 3.63) is 39.8 Å². The minimum Gasteiger partial charge on any atom is -0.710 e. The molecule has 0 atom stereocenters. The Balaban J connectivity index is 2.50. The van der Waals surface area contributed by atoms with E-state index in [4.69, 9.17) is 4.42 Å². The Hall–Kier alpha value is -2.51. The molecule has 0 radical (unpaired) electrons. The van der Waals surface area contributed by atoms with Crippen LogP contribution in [0.1, 0.15) is 0 Å². The molecule has 8 heteroatoms. The summed E-state index contributed by atoms with van der Waals surface area (Å²) >= 11 is 0. The predicted molar refractivity (Wildman–Crippen MR) is 44.9 cm³/mol. The van der Waals surface area contributed by atoms with E-state index in [1.165, 1.54) is 6.07 Å². The zero-order valence-electron chi connectivity index (χ0n) is 7.23. The second-order valence-corrected chi connectivity index (χ2v) is 2.69. The van der Waals surface area contributed by atoms with Gasteiger partial charge in [0, 0.05) is 6.07 Å². The van der Waals surface area contributed by atoms with Gasteiger partial charge in [-0.3, -0.25) is 10.1 Å². The molecule has 1 N–H and O–H groups in total. The predicted octanol–water partition coefficient (Wildman–Crippen LogP) is 0.527. The van der Waals surface area contributed by atoms with Gasteiger partial charge in [0.25, 0.3) is 0 Å². The first-order valence-corrected chi connectivity index (χ1v) is 3.84. The zero-order chi connectivity index (χ0) is 11.0. The molecule has 0 saturated carbocycles. The molecule has 0 amide bonds. The molecule has 0 bridgehead atoms. The maximum absolute atomic E-state index is 11.1. The van der Waals surface area contributed by atoms with E-state index in [1.807, 2.05) is 0 Å². The highest BCUT2D eigenvalue weighted by Crippen LogP contribution is 2.23. The van der Waals surface area contributed by atoms with Crippen LogP contribution >= 0.6 is 0 Å². The van der Waals surface area contributed by atoms with Crippen LogP contribution < -0.4 is 4.73 Å². The van der Waals surface area contributed by atoms with Gasteiger partial charge in [-0.15, -0.1) is 0 Å². The van der Waals surface area contributed by atoms with Gasteiger partial charge in [0.05, 0.1) is 6.07 Å². The van der Waals surface area contributed by atoms with Crippen molar-refractivity contribution < 1.29 is 19.3 Å². The lowest BCUT2D eigenvalue weighted by Crippen LogP contribution is -2.26. The molecule has 2 heterocycles. The standard InChI is InChI=1S/C7H5N3O5/c11-8-3-4-9(12)7(8)5-1-2-6(15-5)10(13)14/h1-4,11H. The van der Waals surface area contributed by atoms with Crippen molar-refractivity contribution in [2.75, 3.05) is 0 Å². The van der Waals surface area contributed by atoms with Gasteiger partial charge in [-0.05, 0) is 4.73 Å². The summed E-state index contributed by atoms with van der Waals surface area (Å²) in [5.41, 5.74) is 0. The number of imidazole rings is 1. The minimum absolute atomic E-state index is 0.0794. The van der Waals surface area contributed by atoms with Crippen LogP contribution in [0.25, 0.3) is 11.6 Å². The summed E-state index contributed by atoms with van der Waals surface area (Å²) < 4.78 is 5.61. The molecule has 0 aliphatic rings. The van der Waals surface area contributed by atoms with Crippen molar-refractivity contribution in [1.82, 2.24) is 4.73 Å². The highest BCUT2D eigenvalue weighted by molar-refractivity contribution is 5.46. The summed E-state index contributed by atoms with van der Waals surface area (Å²) in [6.07, 6.45) is 2.14. The second kappa shape index (κ2) is 3.01. The van der Waals surface area contributed by atoms with Gasteiger partial charge in [0.15, 0.2) is 6.20 Å². The number of furan rings is 1. The smallest absolute Gasteiger partial charge is 0.433 e. The van der Waals surface area contributed by atoms with Crippen LogP contribution in [0.2, 0.25) is 0 Å². The Morgan fingerprint density at radius 3 is 2.73 bits per heavy atom. The number of aromatic nitrogens is 2. The number of nitrogens with zero attached hydrogens (tertiary/aromatic N) is 3. The number of rotatable bonds is 2. The lowest BCUT2D eigenvalue weighted by Gasteiger charge is -1.97. The van der Waals surface area contributed by atoms with Gasteiger partial charge in [0.2, 0.25) is 5.76 Å². The van der Waals surface area contributed by atoms with E-state index in [0.717, 1.165) is 18.5 Å². The lowest BCUT2D eigenvalue weighted by atomic mass is 10.4. The Bertz CT molecular complexity index is 495. The molecule has 2 aromatic rings. The van der Waals surface area contributed by atoms with E-state index in [2.05, 4.69) is 0 Å². The third kappa shape index (κ3) is 1.37. The Labute approximate surface area is 82.3 Å². The first kappa shape index (κ1) is 9.06. The maximum Gasteiger partial charge on any atom is 0.433 e. The molecule has 0 fully saturated rings. The summed E-state index contributed by atoms with van der Waals surface area (Å²) in [5.74, 6) is -0.793. The molecular formula is C7H5N3O5. The monoisotopic (exact) mass is 211 g/mol. The molecule has 0 aliphatic carbocycles. The van der Waals surface area contributed by atoms with Crippen LogP contribution in [-0.4, -0.2) is 14.9 Å². The zero-order valence-corrected chi connectivity index (χ0v) is 7.23. The van der Waals surface area contributed by atoms with E-state index >= 15 is 0 Å². The normalized spacial score (nSPS) is 10.4. The van der Waals surface area contributed by atoms with Crippen molar-refractivity contribution in [3.63, 3.8) is 0 Å². The third-order valence-electron chi connectivity index (χ3n) is 1.76. The average molecular weight is 211 g/mol. The van der Waals surface area contributed by atoms with Crippen molar-refractivity contribution >= 4 is 5.88 Å². The van der Waals surface area contributed by atoms with E-state index in [0.29, 0.717) is 9.46 Å². The largest absolute Gasteiger partial charge is 0.710 e. The summed E-state index contributed by atoms with van der Waals surface area (Å²) in [6.45, 7) is 0. The van der Waals surface area contributed by atoms with Crippen LogP contribution in [0.3, 0.4) is 0 Å². The molecule has 0 saturated heterocycles. The van der Waals surface area contributed by atoms with Crippen LogP contribution in [-0.2, 0) is 0 Å². The number of nitro groups is 1. The molecular weight excluding hydrogens is 206 g/mol. The second-order valence-electron chi connectivity index (χ2n) is 2.69. The van der Waals surface area contributed by atoms with Gasteiger partial charge in [-0.2, -0.15) is 0 Å². The highest BCUT2D eigenvalue weighted by atomic mass is 16.6. The first-order valence-electron chi connectivity index (χ1n) is 3.84. The minimum atomic E-state index is -0.733. The van der Waals surface area contributed by atoms with Crippen LogP contribution in [0.5, 0.6) is 0 Å². The number of hydrogen-bond donors (Lipinski definition) is 1. The molecule has 2 rings (SSSR count). The molecule has 0 spiro atoms. The van der Waals surface area contributed by atoms with E-state index in [1.54, 1.807) is 0 Å². The van der Waals surface area contributed by atoms with E-state index in [9.17, 15) is 20.5 Å². The van der Waals surface area contributed by atoms with Crippen molar-refractivity contribution in [1.29, 1.82) is 0 Å². The quantitative estimate of drug-likeness (QED) is 0.256. The van der Waals surface area contributed by atoms with Crippen molar-refractivity contribution in [3.8, 4) is 11.6 Å². The molecule has 15 heavy (non-hydrogen) atoms. The van der Waals surface area contributed by atoms with Gasteiger partial charge >= 0.3 is 11.7 Å². The molecule has 0 unspecified atom stereocenters. The molecule has 2 aromatic heterocycles. The van der Waals surface area contributed by atoms with Gasteiger partial charge in [-0.1, -0.05) is 0 Å². The van der Waals surface area contributed by atoms with Crippen molar-refractivity contribution in [2.45, 2.75) is 0 Å². The van der Waals surface area contributed by atoms with Crippen LogP contribution in [0.15, 0.2) is 28.9 Å². The third-order valence-corrected chi connectivity index (χ3v) is 1.76. The molecule has 0 aliphatic heterocycles. The topological polar surface area (TPSA) is 108 Å². The average Bonchev–Trinajstić information content (AvgIpc) is 2.73. The SMILES string of the molecule is O=[N+]([O-])c1ccc(-c2n(O)cc[n+]2[O-])o1.